The number of allylic oxidation sites excluding steroid dienone is 1. The van der Waals surface area contributed by atoms with Gasteiger partial charge in [-0.25, -0.2) is 4.98 Å². The number of carbonyl (C=O) groups is 1. The highest BCUT2D eigenvalue weighted by Gasteiger charge is 2.16. The van der Waals surface area contributed by atoms with Gasteiger partial charge in [0.15, 0.2) is 11.5 Å². The summed E-state index contributed by atoms with van der Waals surface area (Å²) >= 11 is 0. The predicted octanol–water partition coefficient (Wildman–Crippen LogP) is 3.57. The third-order valence-corrected chi connectivity index (χ3v) is 3.80. The molecule has 2 aromatic carbocycles. The number of nitrogens with one attached hydrogen (secondary N) is 1. The molecule has 1 N–H and O–H groups in total. The molecule has 0 bridgehead atoms. The number of ether oxygens (including phenoxy) is 3. The average molecular weight is 363 g/mol. The van der Waals surface area contributed by atoms with Crippen LogP contribution < -0.4 is 14.2 Å². The van der Waals surface area contributed by atoms with E-state index in [-0.39, 0.29) is 5.75 Å². The number of nitrogens with zero attached hydrogens (tertiary/aromatic N) is 2. The summed E-state index contributed by atoms with van der Waals surface area (Å²) in [4.78, 5) is 18.9. The fourth-order valence-corrected chi connectivity index (χ4v) is 2.63. The van der Waals surface area contributed by atoms with Crippen LogP contribution in [0, 0.1) is 11.3 Å². The highest BCUT2D eigenvalue weighted by Crippen LogP contribution is 2.39. The Balaban J connectivity index is 2.08. The number of benzene rings is 2. The van der Waals surface area contributed by atoms with E-state index in [9.17, 15) is 10.1 Å². The number of esters is 1. The number of hydrogen-bond acceptors (Lipinski definition) is 6. The molecule has 3 aromatic rings. The van der Waals surface area contributed by atoms with Gasteiger partial charge in [-0.2, -0.15) is 5.26 Å². The molecule has 0 aliphatic carbocycles. The van der Waals surface area contributed by atoms with E-state index in [1.54, 1.807) is 18.2 Å². The SMILES string of the molecule is COc1cc(/C=C(\C#N)c2nc3ccccc3[nH]2)cc(OC)c1OC(C)=O. The van der Waals surface area contributed by atoms with Crippen LogP contribution in [0.3, 0.4) is 0 Å². The lowest BCUT2D eigenvalue weighted by atomic mass is 10.1. The highest BCUT2D eigenvalue weighted by atomic mass is 16.6. The maximum Gasteiger partial charge on any atom is 0.308 e. The summed E-state index contributed by atoms with van der Waals surface area (Å²) in [6.07, 6.45) is 1.65. The van der Waals surface area contributed by atoms with Crippen molar-refractivity contribution in [2.75, 3.05) is 14.2 Å². The first-order valence-corrected chi connectivity index (χ1v) is 8.07. The number of carbonyl (C=O) groups excluding carboxylic acids is 1. The lowest BCUT2D eigenvalue weighted by Gasteiger charge is -2.13. The second kappa shape index (κ2) is 7.62. The van der Waals surface area contributed by atoms with Gasteiger partial charge in [-0.05, 0) is 35.9 Å². The number of hydrogen-bond donors (Lipinski definition) is 1. The molecule has 136 valence electrons. The largest absolute Gasteiger partial charge is 0.493 e. The van der Waals surface area contributed by atoms with Gasteiger partial charge in [-0.15, -0.1) is 0 Å². The van der Waals surface area contributed by atoms with Gasteiger partial charge in [0.25, 0.3) is 0 Å². The Labute approximate surface area is 155 Å². The Morgan fingerprint density at radius 2 is 1.85 bits per heavy atom. The zero-order chi connectivity index (χ0) is 19.4. The van der Waals surface area contributed by atoms with E-state index in [1.165, 1.54) is 21.1 Å². The average Bonchev–Trinajstić information content (AvgIpc) is 3.10. The Morgan fingerprint density at radius 1 is 1.19 bits per heavy atom. The number of fused-ring (bicyclic) bond motifs is 1. The molecule has 0 saturated heterocycles. The first-order chi connectivity index (χ1) is 13.0. The molecule has 0 saturated carbocycles. The summed E-state index contributed by atoms with van der Waals surface area (Å²) in [7, 11) is 2.92. The molecule has 1 heterocycles. The summed E-state index contributed by atoms with van der Waals surface area (Å²) in [5, 5.41) is 9.58. The van der Waals surface area contributed by atoms with Gasteiger partial charge in [-0.3, -0.25) is 4.79 Å². The predicted molar refractivity (Wildman–Crippen MR) is 100 cm³/mol. The number of aromatic nitrogens is 2. The number of methoxy groups -OCH3 is 2. The summed E-state index contributed by atoms with van der Waals surface area (Å²) in [6.45, 7) is 1.29. The topological polar surface area (TPSA) is 97.2 Å². The summed E-state index contributed by atoms with van der Waals surface area (Å²) < 4.78 is 15.8. The zero-order valence-corrected chi connectivity index (χ0v) is 15.1. The van der Waals surface area contributed by atoms with Crippen molar-refractivity contribution in [3.8, 4) is 23.3 Å². The second-order valence-corrected chi connectivity index (χ2v) is 5.62. The maximum atomic E-state index is 11.3. The second-order valence-electron chi connectivity index (χ2n) is 5.62. The van der Waals surface area contributed by atoms with Crippen molar-refractivity contribution < 1.29 is 19.0 Å². The molecule has 0 aliphatic heterocycles. The highest BCUT2D eigenvalue weighted by molar-refractivity contribution is 5.91. The minimum absolute atomic E-state index is 0.187. The van der Waals surface area contributed by atoms with Crippen LogP contribution in [0.4, 0.5) is 0 Å². The van der Waals surface area contributed by atoms with Crippen molar-refractivity contribution in [1.82, 2.24) is 9.97 Å². The number of H-pyrrole nitrogens is 1. The fraction of sp³-hybridized carbons (Fsp3) is 0.150. The van der Waals surface area contributed by atoms with Gasteiger partial charge in [-0.1, -0.05) is 12.1 Å². The van der Waals surface area contributed by atoms with Crippen molar-refractivity contribution in [3.63, 3.8) is 0 Å². The molecule has 7 nitrogen and oxygen atoms in total. The minimum Gasteiger partial charge on any atom is -0.493 e. The normalized spacial score (nSPS) is 11.1. The van der Waals surface area contributed by atoms with Crippen LogP contribution in [0.1, 0.15) is 18.3 Å². The Hall–Kier alpha value is -3.79. The minimum atomic E-state index is -0.491. The standard InChI is InChI=1S/C20H17N3O4/c1-12(24)27-19-17(25-2)9-13(10-18(19)26-3)8-14(11-21)20-22-15-6-4-5-7-16(15)23-20/h4-10H,1-3H3,(H,22,23)/b14-8+. The molecule has 0 radical (unpaired) electrons. The van der Waals surface area contributed by atoms with E-state index in [4.69, 9.17) is 14.2 Å². The molecule has 7 heteroatoms. The molecule has 0 atom stereocenters. The van der Waals surface area contributed by atoms with Gasteiger partial charge in [0.1, 0.15) is 11.9 Å². The van der Waals surface area contributed by atoms with Crippen LogP contribution in [0.2, 0.25) is 0 Å². The monoisotopic (exact) mass is 363 g/mol. The molecule has 0 spiro atoms. The Kier molecular flexibility index (Phi) is 5.08. The van der Waals surface area contributed by atoms with E-state index in [0.717, 1.165) is 11.0 Å². The number of imidazole rings is 1. The maximum absolute atomic E-state index is 11.3. The molecule has 0 amide bonds. The van der Waals surface area contributed by atoms with Gasteiger partial charge in [0.05, 0.1) is 30.8 Å². The van der Waals surface area contributed by atoms with Crippen LogP contribution >= 0.6 is 0 Å². The number of para-hydroxylation sites is 2. The van der Waals surface area contributed by atoms with E-state index in [2.05, 4.69) is 16.0 Å². The molecule has 27 heavy (non-hydrogen) atoms. The lowest BCUT2D eigenvalue weighted by molar-refractivity contribution is -0.132. The first-order valence-electron chi connectivity index (χ1n) is 8.07. The Bertz CT molecular complexity index is 1020. The van der Waals surface area contributed by atoms with Crippen LogP contribution in [0.15, 0.2) is 36.4 Å². The van der Waals surface area contributed by atoms with Gasteiger partial charge < -0.3 is 19.2 Å². The molecular formula is C20H17N3O4. The molecule has 3 rings (SSSR count). The summed E-state index contributed by atoms with van der Waals surface area (Å²) in [5.41, 5.74) is 2.59. The number of nitriles is 1. The zero-order valence-electron chi connectivity index (χ0n) is 15.1. The molecule has 1 aromatic heterocycles. The first kappa shape index (κ1) is 18.0. The van der Waals surface area contributed by atoms with Crippen LogP contribution in [-0.2, 0) is 4.79 Å². The lowest BCUT2D eigenvalue weighted by Crippen LogP contribution is -2.05. The van der Waals surface area contributed by atoms with Gasteiger partial charge >= 0.3 is 5.97 Å². The smallest absolute Gasteiger partial charge is 0.308 e. The van der Waals surface area contributed by atoms with Gasteiger partial charge in [0.2, 0.25) is 5.75 Å². The molecule has 0 fully saturated rings. The van der Waals surface area contributed by atoms with E-state index >= 15 is 0 Å². The van der Waals surface area contributed by atoms with E-state index < -0.39 is 5.97 Å². The van der Waals surface area contributed by atoms with Crippen molar-refractivity contribution in [3.05, 3.63) is 47.8 Å². The molecule has 0 aliphatic rings. The van der Waals surface area contributed by atoms with E-state index in [0.29, 0.717) is 28.5 Å². The van der Waals surface area contributed by atoms with Crippen molar-refractivity contribution in [1.29, 1.82) is 5.26 Å². The van der Waals surface area contributed by atoms with Crippen molar-refractivity contribution in [2.24, 2.45) is 0 Å². The molecular weight excluding hydrogens is 346 g/mol. The number of aromatic amines is 1. The Morgan fingerprint density at radius 3 is 2.41 bits per heavy atom. The van der Waals surface area contributed by atoms with Gasteiger partial charge in [0, 0.05) is 6.92 Å². The third-order valence-electron chi connectivity index (χ3n) is 3.80. The summed E-state index contributed by atoms with van der Waals surface area (Å²) in [5.74, 6) is 0.790. The van der Waals surface area contributed by atoms with Crippen LogP contribution in [0.5, 0.6) is 17.2 Å². The third kappa shape index (κ3) is 3.75. The summed E-state index contributed by atoms with van der Waals surface area (Å²) in [6, 6.07) is 13.0. The van der Waals surface area contributed by atoms with Crippen LogP contribution in [-0.4, -0.2) is 30.2 Å². The van der Waals surface area contributed by atoms with Crippen molar-refractivity contribution >= 4 is 28.7 Å². The fourth-order valence-electron chi connectivity index (χ4n) is 2.63. The molecule has 0 unspecified atom stereocenters. The van der Waals surface area contributed by atoms with E-state index in [1.807, 2.05) is 24.3 Å². The quantitative estimate of drug-likeness (QED) is 0.423. The number of rotatable bonds is 5. The van der Waals surface area contributed by atoms with Crippen LogP contribution in [0.25, 0.3) is 22.7 Å². The van der Waals surface area contributed by atoms with Crippen molar-refractivity contribution in [2.45, 2.75) is 6.92 Å².